The molecule has 0 radical (unpaired) electrons. The average Bonchev–Trinajstić information content (AvgIpc) is 2.94. The first-order chi connectivity index (χ1) is 10.1. The molecular weight excluding hydrogens is 290 g/mol. The van der Waals surface area contributed by atoms with E-state index in [0.29, 0.717) is 10.7 Å². The average molecular weight is 300 g/mol. The van der Waals surface area contributed by atoms with Crippen LogP contribution in [-0.2, 0) is 0 Å². The van der Waals surface area contributed by atoms with E-state index in [9.17, 15) is 4.79 Å². The van der Waals surface area contributed by atoms with Gasteiger partial charge in [0.25, 0.3) is 0 Å². The molecule has 104 valence electrons. The molecule has 0 saturated carbocycles. The van der Waals surface area contributed by atoms with E-state index < -0.39 is 5.97 Å². The second kappa shape index (κ2) is 5.38. The van der Waals surface area contributed by atoms with Crippen molar-refractivity contribution in [3.63, 3.8) is 0 Å². The van der Waals surface area contributed by atoms with Gasteiger partial charge in [-0.1, -0.05) is 11.6 Å². The Morgan fingerprint density at radius 2 is 1.76 bits per heavy atom. The van der Waals surface area contributed by atoms with Gasteiger partial charge in [-0.3, -0.25) is 4.98 Å². The molecule has 0 aliphatic rings. The summed E-state index contributed by atoms with van der Waals surface area (Å²) in [5.74, 6) is -1.07. The Morgan fingerprint density at radius 1 is 1.10 bits per heavy atom. The van der Waals surface area contributed by atoms with Crippen molar-refractivity contribution in [2.24, 2.45) is 0 Å². The molecule has 6 heteroatoms. The van der Waals surface area contributed by atoms with Gasteiger partial charge >= 0.3 is 5.97 Å². The van der Waals surface area contributed by atoms with Crippen LogP contribution in [0.15, 0.2) is 54.9 Å². The van der Waals surface area contributed by atoms with E-state index in [0.717, 1.165) is 11.3 Å². The number of pyridine rings is 1. The smallest absolute Gasteiger partial charge is 0.356 e. The van der Waals surface area contributed by atoms with E-state index in [2.05, 4.69) is 10.1 Å². The normalized spacial score (nSPS) is 10.5. The van der Waals surface area contributed by atoms with Crippen molar-refractivity contribution in [1.29, 1.82) is 0 Å². The number of nitrogens with zero attached hydrogens (tertiary/aromatic N) is 3. The molecule has 3 rings (SSSR count). The zero-order chi connectivity index (χ0) is 14.8. The van der Waals surface area contributed by atoms with E-state index in [1.54, 1.807) is 53.5 Å². The van der Waals surface area contributed by atoms with Crippen molar-refractivity contribution in [2.45, 2.75) is 0 Å². The molecule has 1 N–H and O–H groups in total. The molecule has 0 saturated heterocycles. The Balaban J connectivity index is 2.19. The molecule has 0 aliphatic carbocycles. The van der Waals surface area contributed by atoms with Gasteiger partial charge in [0, 0.05) is 23.0 Å². The van der Waals surface area contributed by atoms with Gasteiger partial charge in [-0.05, 0) is 42.5 Å². The standard InChI is InChI=1S/C15H10ClN3O2/c16-11-1-3-12(4-2-11)19-14(9-13(18-19)15(20)21)10-5-7-17-8-6-10/h1-9H,(H,20,21). The molecule has 0 atom stereocenters. The molecule has 2 aromatic heterocycles. The Hall–Kier alpha value is -2.66. The first-order valence-electron chi connectivity index (χ1n) is 6.15. The van der Waals surface area contributed by atoms with E-state index in [1.807, 2.05) is 0 Å². The largest absolute Gasteiger partial charge is 0.476 e. The third-order valence-electron chi connectivity index (χ3n) is 2.98. The molecule has 0 bridgehead atoms. The van der Waals surface area contributed by atoms with Gasteiger partial charge < -0.3 is 5.11 Å². The van der Waals surface area contributed by atoms with Crippen molar-refractivity contribution < 1.29 is 9.90 Å². The molecule has 2 heterocycles. The quantitative estimate of drug-likeness (QED) is 0.806. The number of aromatic nitrogens is 3. The third-order valence-corrected chi connectivity index (χ3v) is 3.23. The van der Waals surface area contributed by atoms with E-state index in [4.69, 9.17) is 16.7 Å². The molecular formula is C15H10ClN3O2. The van der Waals surface area contributed by atoms with E-state index in [-0.39, 0.29) is 5.69 Å². The highest BCUT2D eigenvalue weighted by Crippen LogP contribution is 2.24. The maximum atomic E-state index is 11.2. The molecule has 0 aliphatic heterocycles. The minimum atomic E-state index is -1.07. The molecule has 21 heavy (non-hydrogen) atoms. The van der Waals surface area contributed by atoms with Gasteiger partial charge in [-0.25, -0.2) is 9.48 Å². The number of carboxylic acid groups (broad SMARTS) is 1. The lowest BCUT2D eigenvalue weighted by Gasteiger charge is -2.07. The highest BCUT2D eigenvalue weighted by atomic mass is 35.5. The zero-order valence-corrected chi connectivity index (χ0v) is 11.5. The lowest BCUT2D eigenvalue weighted by atomic mass is 10.2. The summed E-state index contributed by atoms with van der Waals surface area (Å²) in [5, 5.41) is 13.9. The van der Waals surface area contributed by atoms with Crippen LogP contribution in [0.4, 0.5) is 0 Å². The maximum Gasteiger partial charge on any atom is 0.356 e. The number of carboxylic acids is 1. The second-order valence-electron chi connectivity index (χ2n) is 4.34. The fraction of sp³-hybridized carbons (Fsp3) is 0. The predicted octanol–water partition coefficient (Wildman–Crippen LogP) is 3.29. The van der Waals surface area contributed by atoms with Crippen LogP contribution in [0.1, 0.15) is 10.5 Å². The third kappa shape index (κ3) is 2.64. The van der Waals surface area contributed by atoms with Gasteiger partial charge in [-0.15, -0.1) is 0 Å². The van der Waals surface area contributed by atoms with E-state index in [1.165, 1.54) is 6.07 Å². The maximum absolute atomic E-state index is 11.2. The minimum absolute atomic E-state index is 0.0169. The first kappa shape index (κ1) is 13.3. The van der Waals surface area contributed by atoms with Crippen molar-refractivity contribution in [1.82, 2.24) is 14.8 Å². The van der Waals surface area contributed by atoms with Crippen LogP contribution in [0, 0.1) is 0 Å². The van der Waals surface area contributed by atoms with Crippen LogP contribution in [0.25, 0.3) is 16.9 Å². The van der Waals surface area contributed by atoms with Crippen LogP contribution < -0.4 is 0 Å². The molecule has 1 aromatic carbocycles. The van der Waals surface area contributed by atoms with Crippen molar-refractivity contribution >= 4 is 17.6 Å². The number of hydrogen-bond donors (Lipinski definition) is 1. The van der Waals surface area contributed by atoms with Crippen molar-refractivity contribution in [2.75, 3.05) is 0 Å². The summed E-state index contributed by atoms with van der Waals surface area (Å²) in [6.45, 7) is 0. The molecule has 0 amide bonds. The first-order valence-corrected chi connectivity index (χ1v) is 6.52. The number of halogens is 1. The Bertz CT molecular complexity index is 782. The van der Waals surface area contributed by atoms with Gasteiger partial charge in [0.15, 0.2) is 5.69 Å². The molecule has 0 fully saturated rings. The summed E-state index contributed by atoms with van der Waals surface area (Å²) in [6.07, 6.45) is 3.30. The number of hydrogen-bond acceptors (Lipinski definition) is 3. The monoisotopic (exact) mass is 299 g/mol. The number of carbonyl (C=O) groups is 1. The second-order valence-corrected chi connectivity index (χ2v) is 4.78. The Kier molecular flexibility index (Phi) is 3.41. The van der Waals surface area contributed by atoms with Crippen LogP contribution in [0.5, 0.6) is 0 Å². The van der Waals surface area contributed by atoms with E-state index >= 15 is 0 Å². The summed E-state index contributed by atoms with van der Waals surface area (Å²) < 4.78 is 1.58. The van der Waals surface area contributed by atoms with Gasteiger partial charge in [0.2, 0.25) is 0 Å². The SMILES string of the molecule is O=C(O)c1cc(-c2ccncc2)n(-c2ccc(Cl)cc2)n1. The van der Waals surface area contributed by atoms with Crippen LogP contribution >= 0.6 is 11.6 Å². The predicted molar refractivity (Wildman–Crippen MR) is 78.8 cm³/mol. The summed E-state index contributed by atoms with van der Waals surface area (Å²) >= 11 is 5.88. The van der Waals surface area contributed by atoms with Gasteiger partial charge in [0.05, 0.1) is 11.4 Å². The summed E-state index contributed by atoms with van der Waals surface area (Å²) in [6, 6.07) is 12.2. The van der Waals surface area contributed by atoms with Crippen LogP contribution in [-0.4, -0.2) is 25.8 Å². The highest BCUT2D eigenvalue weighted by Gasteiger charge is 2.15. The molecule has 0 spiro atoms. The Morgan fingerprint density at radius 3 is 2.38 bits per heavy atom. The van der Waals surface area contributed by atoms with Crippen molar-refractivity contribution in [3.8, 4) is 16.9 Å². The minimum Gasteiger partial charge on any atom is -0.476 e. The van der Waals surface area contributed by atoms with Gasteiger partial charge in [0.1, 0.15) is 0 Å². The summed E-state index contributed by atoms with van der Waals surface area (Å²) in [4.78, 5) is 15.1. The van der Waals surface area contributed by atoms with Crippen molar-refractivity contribution in [3.05, 3.63) is 65.6 Å². The fourth-order valence-electron chi connectivity index (χ4n) is 1.99. The van der Waals surface area contributed by atoms with Crippen LogP contribution in [0.2, 0.25) is 5.02 Å². The fourth-order valence-corrected chi connectivity index (χ4v) is 2.12. The zero-order valence-electron chi connectivity index (χ0n) is 10.8. The van der Waals surface area contributed by atoms with Gasteiger partial charge in [-0.2, -0.15) is 5.10 Å². The van der Waals surface area contributed by atoms with Crippen LogP contribution in [0.3, 0.4) is 0 Å². The summed E-state index contributed by atoms with van der Waals surface area (Å²) in [5.41, 5.74) is 2.23. The number of rotatable bonds is 3. The summed E-state index contributed by atoms with van der Waals surface area (Å²) in [7, 11) is 0. The number of aromatic carboxylic acids is 1. The highest BCUT2D eigenvalue weighted by molar-refractivity contribution is 6.30. The Labute approximate surface area is 125 Å². The molecule has 3 aromatic rings. The number of benzene rings is 1. The lowest BCUT2D eigenvalue weighted by Crippen LogP contribution is -2.02. The molecule has 0 unspecified atom stereocenters. The molecule has 5 nitrogen and oxygen atoms in total. The lowest BCUT2D eigenvalue weighted by molar-refractivity contribution is 0.0690. The topological polar surface area (TPSA) is 68.0 Å².